The number of aliphatic hydroxyl groups excluding tert-OH is 1. The number of hydrogen-bond donors (Lipinski definition) is 1. The predicted octanol–water partition coefficient (Wildman–Crippen LogP) is 2.12. The fourth-order valence-corrected chi connectivity index (χ4v) is 4.18. The summed E-state index contributed by atoms with van der Waals surface area (Å²) in [6, 6.07) is 0. The number of ether oxygens (including phenoxy) is 2. The second-order valence-corrected chi connectivity index (χ2v) is 8.02. The van der Waals surface area contributed by atoms with Crippen LogP contribution in [-0.2, 0) is 20.7 Å². The molecule has 3 rings (SSSR count). The number of aromatic nitrogens is 2. The van der Waals surface area contributed by atoms with Gasteiger partial charge in [-0.3, -0.25) is 4.79 Å². The lowest BCUT2D eigenvalue weighted by molar-refractivity contribution is -0.183. The van der Waals surface area contributed by atoms with Gasteiger partial charge in [0, 0.05) is 31.3 Å². The fourth-order valence-electron chi connectivity index (χ4n) is 4.18. The van der Waals surface area contributed by atoms with E-state index in [1.165, 1.54) is 6.33 Å². The number of aliphatic hydroxyl groups is 1. The van der Waals surface area contributed by atoms with Crippen molar-refractivity contribution in [1.82, 2.24) is 9.97 Å². The van der Waals surface area contributed by atoms with Crippen LogP contribution in [0.15, 0.2) is 12.5 Å². The third-order valence-corrected chi connectivity index (χ3v) is 5.64. The molecule has 7 nitrogen and oxygen atoms in total. The van der Waals surface area contributed by atoms with Gasteiger partial charge in [-0.2, -0.15) is 0 Å². The molecule has 0 amide bonds. The molecule has 150 valence electrons. The number of hydrogen-bond acceptors (Lipinski definition) is 7. The summed E-state index contributed by atoms with van der Waals surface area (Å²) in [6.45, 7) is 8.02. The summed E-state index contributed by atoms with van der Waals surface area (Å²) in [6.07, 6.45) is 6.31. The Morgan fingerprint density at radius 1 is 1.44 bits per heavy atom. The van der Waals surface area contributed by atoms with Crippen molar-refractivity contribution in [3.05, 3.63) is 18.1 Å². The summed E-state index contributed by atoms with van der Waals surface area (Å²) in [5.41, 5.74) is 0.536. The van der Waals surface area contributed by atoms with Gasteiger partial charge in [0.25, 0.3) is 0 Å². The maximum atomic E-state index is 11.9. The van der Waals surface area contributed by atoms with Crippen LogP contribution in [-0.4, -0.2) is 58.5 Å². The minimum absolute atomic E-state index is 0.110. The molecule has 2 saturated heterocycles. The first kappa shape index (κ1) is 20.0. The van der Waals surface area contributed by atoms with Crippen molar-refractivity contribution in [2.75, 3.05) is 24.6 Å². The van der Waals surface area contributed by atoms with Crippen LogP contribution < -0.4 is 4.90 Å². The Labute approximate surface area is 161 Å². The zero-order chi connectivity index (χ0) is 19.4. The quantitative estimate of drug-likeness (QED) is 0.787. The highest BCUT2D eigenvalue weighted by Gasteiger charge is 2.44. The molecular weight excluding hydrogens is 346 g/mol. The number of carbonyl (C=O) groups excluding carboxylic acids is 1. The third-order valence-electron chi connectivity index (χ3n) is 5.64. The Balaban J connectivity index is 1.68. The lowest BCUT2D eigenvalue weighted by atomic mass is 9.80. The van der Waals surface area contributed by atoms with Crippen molar-refractivity contribution in [3.8, 4) is 0 Å². The van der Waals surface area contributed by atoms with Gasteiger partial charge in [-0.15, -0.1) is 0 Å². The summed E-state index contributed by atoms with van der Waals surface area (Å²) < 4.78 is 11.5. The van der Waals surface area contributed by atoms with E-state index >= 15 is 0 Å². The van der Waals surface area contributed by atoms with Gasteiger partial charge in [0.15, 0.2) is 0 Å². The molecule has 0 unspecified atom stereocenters. The van der Waals surface area contributed by atoms with Gasteiger partial charge in [-0.05, 0) is 32.1 Å². The standard InChI is InChI=1S/C20H31N3O4/c1-4-26-18(25)9-15-12-21-13-22-19(15)23-7-5-20(6-8-23)11-16(24)10-17(27-20)14(2)3/h12-14,16-17,24H,4-11H2,1-3H3/t16-,17-/m1/s1. The Bertz CT molecular complexity index is 644. The SMILES string of the molecule is CCOC(=O)Cc1cncnc1N1CCC2(CC1)C[C@H](O)C[C@H](C(C)C)O2. The van der Waals surface area contributed by atoms with Gasteiger partial charge >= 0.3 is 5.97 Å². The van der Waals surface area contributed by atoms with Crippen molar-refractivity contribution in [2.45, 2.75) is 70.7 Å². The number of esters is 1. The maximum Gasteiger partial charge on any atom is 0.310 e. The normalized spacial score (nSPS) is 25.0. The molecule has 1 spiro atoms. The predicted molar refractivity (Wildman–Crippen MR) is 101 cm³/mol. The van der Waals surface area contributed by atoms with Crippen LogP contribution in [0.1, 0.15) is 52.0 Å². The minimum Gasteiger partial charge on any atom is -0.466 e. The van der Waals surface area contributed by atoms with Crippen LogP contribution in [0.2, 0.25) is 0 Å². The molecule has 2 fully saturated rings. The van der Waals surface area contributed by atoms with E-state index in [0.29, 0.717) is 18.9 Å². The number of anilines is 1. The molecule has 0 aliphatic carbocycles. The number of carbonyl (C=O) groups is 1. The molecule has 1 N–H and O–H groups in total. The molecule has 0 saturated carbocycles. The van der Waals surface area contributed by atoms with E-state index in [0.717, 1.165) is 43.7 Å². The van der Waals surface area contributed by atoms with Gasteiger partial charge in [0.1, 0.15) is 12.1 Å². The van der Waals surface area contributed by atoms with E-state index in [1.54, 1.807) is 13.1 Å². The molecule has 2 aliphatic rings. The van der Waals surface area contributed by atoms with E-state index in [9.17, 15) is 9.90 Å². The monoisotopic (exact) mass is 377 g/mol. The van der Waals surface area contributed by atoms with Crippen molar-refractivity contribution >= 4 is 11.8 Å². The van der Waals surface area contributed by atoms with E-state index in [2.05, 4.69) is 28.7 Å². The molecule has 0 aromatic carbocycles. The molecule has 7 heteroatoms. The van der Waals surface area contributed by atoms with Crippen molar-refractivity contribution < 1.29 is 19.4 Å². The molecule has 1 aromatic rings. The first-order valence-electron chi connectivity index (χ1n) is 9.98. The molecule has 27 heavy (non-hydrogen) atoms. The Hall–Kier alpha value is -1.73. The average Bonchev–Trinajstić information content (AvgIpc) is 2.62. The summed E-state index contributed by atoms with van der Waals surface area (Å²) in [7, 11) is 0. The summed E-state index contributed by atoms with van der Waals surface area (Å²) in [4.78, 5) is 22.6. The largest absolute Gasteiger partial charge is 0.466 e. The lowest BCUT2D eigenvalue weighted by Crippen LogP contribution is -2.54. The van der Waals surface area contributed by atoms with Crippen molar-refractivity contribution in [1.29, 1.82) is 0 Å². The van der Waals surface area contributed by atoms with Crippen LogP contribution in [0.5, 0.6) is 0 Å². The second kappa shape index (κ2) is 8.52. The van der Waals surface area contributed by atoms with Crippen molar-refractivity contribution in [3.63, 3.8) is 0 Å². The zero-order valence-corrected chi connectivity index (χ0v) is 16.6. The third kappa shape index (κ3) is 4.76. The van der Waals surface area contributed by atoms with E-state index in [4.69, 9.17) is 9.47 Å². The Kier molecular flexibility index (Phi) is 6.32. The maximum absolute atomic E-state index is 11.9. The Morgan fingerprint density at radius 2 is 2.19 bits per heavy atom. The van der Waals surface area contributed by atoms with Gasteiger partial charge in [0.2, 0.25) is 0 Å². The number of piperidine rings is 1. The summed E-state index contributed by atoms with van der Waals surface area (Å²) in [5.74, 6) is 0.929. The molecule has 0 radical (unpaired) electrons. The van der Waals surface area contributed by atoms with Crippen LogP contribution in [0, 0.1) is 5.92 Å². The highest BCUT2D eigenvalue weighted by molar-refractivity contribution is 5.74. The van der Waals surface area contributed by atoms with Crippen molar-refractivity contribution in [2.24, 2.45) is 5.92 Å². The van der Waals surface area contributed by atoms with Gasteiger partial charge in [-0.25, -0.2) is 9.97 Å². The summed E-state index contributed by atoms with van der Waals surface area (Å²) in [5, 5.41) is 10.4. The topological polar surface area (TPSA) is 84.8 Å². The molecular formula is C20H31N3O4. The van der Waals surface area contributed by atoms with Crippen LogP contribution in [0.3, 0.4) is 0 Å². The number of rotatable bonds is 5. The molecule has 3 heterocycles. The van der Waals surface area contributed by atoms with Crippen LogP contribution >= 0.6 is 0 Å². The minimum atomic E-state index is -0.295. The molecule has 1 aromatic heterocycles. The molecule has 0 bridgehead atoms. The Morgan fingerprint density at radius 3 is 2.85 bits per heavy atom. The van der Waals surface area contributed by atoms with Gasteiger partial charge < -0.3 is 19.5 Å². The first-order valence-corrected chi connectivity index (χ1v) is 9.98. The van der Waals surface area contributed by atoms with Gasteiger partial charge in [-0.1, -0.05) is 13.8 Å². The average molecular weight is 377 g/mol. The van der Waals surface area contributed by atoms with Gasteiger partial charge in [0.05, 0.1) is 30.8 Å². The summed E-state index contributed by atoms with van der Waals surface area (Å²) >= 11 is 0. The molecule has 2 atom stereocenters. The highest BCUT2D eigenvalue weighted by atomic mass is 16.5. The molecule has 2 aliphatic heterocycles. The lowest BCUT2D eigenvalue weighted by Gasteiger charge is -2.49. The smallest absolute Gasteiger partial charge is 0.310 e. The van der Waals surface area contributed by atoms with Crippen LogP contribution in [0.25, 0.3) is 0 Å². The first-order chi connectivity index (χ1) is 12.9. The zero-order valence-electron chi connectivity index (χ0n) is 16.6. The van der Waals surface area contributed by atoms with Crippen LogP contribution in [0.4, 0.5) is 5.82 Å². The highest BCUT2D eigenvalue weighted by Crippen LogP contribution is 2.40. The fraction of sp³-hybridized carbons (Fsp3) is 0.750. The number of nitrogens with zero attached hydrogens (tertiary/aromatic N) is 3. The van der Waals surface area contributed by atoms with E-state index < -0.39 is 0 Å². The van der Waals surface area contributed by atoms with E-state index in [-0.39, 0.29) is 30.2 Å². The van der Waals surface area contributed by atoms with E-state index in [1.807, 2.05) is 0 Å². The second-order valence-electron chi connectivity index (χ2n) is 8.02.